The Balaban J connectivity index is 1.35. The molecule has 3 aromatic heterocycles. The van der Waals surface area contributed by atoms with Gasteiger partial charge in [0.05, 0.1) is 24.5 Å². The van der Waals surface area contributed by atoms with Crippen LogP contribution in [0.1, 0.15) is 38.2 Å². The van der Waals surface area contributed by atoms with Crippen LogP contribution in [-0.4, -0.2) is 50.8 Å². The summed E-state index contributed by atoms with van der Waals surface area (Å²) < 4.78 is 7.81. The number of aryl methyl sites for hydroxylation is 1. The van der Waals surface area contributed by atoms with E-state index < -0.39 is 5.91 Å². The number of imidazole rings is 1. The molecule has 8 heteroatoms. The van der Waals surface area contributed by atoms with Gasteiger partial charge in [-0.25, -0.2) is 9.97 Å². The number of morpholine rings is 1. The van der Waals surface area contributed by atoms with Crippen LogP contribution in [0.25, 0.3) is 16.9 Å². The van der Waals surface area contributed by atoms with Gasteiger partial charge in [0.2, 0.25) is 5.91 Å². The van der Waals surface area contributed by atoms with Crippen molar-refractivity contribution < 1.29 is 14.3 Å². The third-order valence-electron chi connectivity index (χ3n) is 5.75. The first-order valence-electron chi connectivity index (χ1n) is 10.7. The maximum atomic E-state index is 13.1. The summed E-state index contributed by atoms with van der Waals surface area (Å²) in [5.41, 5.74) is 10.4. The Morgan fingerprint density at radius 1 is 1.09 bits per heavy atom. The van der Waals surface area contributed by atoms with Gasteiger partial charge in [-0.15, -0.1) is 0 Å². The predicted octanol–water partition coefficient (Wildman–Crippen LogP) is 3.02. The first-order valence-corrected chi connectivity index (χ1v) is 10.7. The number of aromatic nitrogens is 3. The van der Waals surface area contributed by atoms with Crippen LogP contribution in [-0.2, 0) is 4.74 Å². The molecule has 8 nitrogen and oxygen atoms in total. The lowest BCUT2D eigenvalue weighted by atomic mass is 10.1. The normalized spacial score (nSPS) is 16.2. The van der Waals surface area contributed by atoms with Gasteiger partial charge in [-0.2, -0.15) is 0 Å². The van der Waals surface area contributed by atoms with E-state index in [1.165, 1.54) is 0 Å². The molecule has 1 fully saturated rings. The number of hydrogen-bond donors (Lipinski definition) is 1. The SMILES string of the molecule is Cc1ccn2cc(C(=O)N3CCOC(c4cccc(-c5ccc(C(N)=O)cc5)n4)C3)nc2c1. The Labute approximate surface area is 190 Å². The van der Waals surface area contributed by atoms with E-state index in [1.807, 2.05) is 60.0 Å². The summed E-state index contributed by atoms with van der Waals surface area (Å²) in [6.45, 7) is 3.30. The van der Waals surface area contributed by atoms with Gasteiger partial charge in [-0.3, -0.25) is 9.59 Å². The molecule has 1 atom stereocenters. The molecule has 2 amide bonds. The standard InChI is InChI=1S/C25H23N5O3/c1-16-9-10-29-14-21(28-23(29)13-16)25(32)30-11-12-33-22(15-30)20-4-2-3-19(27-20)17-5-7-18(8-6-17)24(26)31/h2-10,13-14,22H,11-12,15H2,1H3,(H2,26,31). The number of ether oxygens (including phenoxy) is 1. The highest BCUT2D eigenvalue weighted by molar-refractivity contribution is 5.93. The number of primary amides is 1. The topological polar surface area (TPSA) is 103 Å². The number of carbonyl (C=O) groups excluding carboxylic acids is 2. The van der Waals surface area contributed by atoms with E-state index in [9.17, 15) is 9.59 Å². The molecule has 0 bridgehead atoms. The van der Waals surface area contributed by atoms with Gasteiger partial charge in [0.25, 0.3) is 5.91 Å². The third-order valence-corrected chi connectivity index (χ3v) is 5.75. The van der Waals surface area contributed by atoms with Crippen molar-refractivity contribution in [2.75, 3.05) is 19.7 Å². The lowest BCUT2D eigenvalue weighted by molar-refractivity contribution is -0.0248. The predicted molar refractivity (Wildman–Crippen MR) is 123 cm³/mol. The van der Waals surface area contributed by atoms with Crippen molar-refractivity contribution in [1.29, 1.82) is 0 Å². The Kier molecular flexibility index (Phi) is 5.35. The molecule has 4 heterocycles. The number of hydrogen-bond acceptors (Lipinski definition) is 5. The maximum absolute atomic E-state index is 13.1. The van der Waals surface area contributed by atoms with Gasteiger partial charge < -0.3 is 19.8 Å². The Hall–Kier alpha value is -4.04. The summed E-state index contributed by atoms with van der Waals surface area (Å²) in [6.07, 6.45) is 3.32. The van der Waals surface area contributed by atoms with E-state index in [4.69, 9.17) is 15.5 Å². The van der Waals surface area contributed by atoms with E-state index in [1.54, 1.807) is 23.2 Å². The molecule has 0 saturated carbocycles. The van der Waals surface area contributed by atoms with Gasteiger partial charge >= 0.3 is 0 Å². The lowest BCUT2D eigenvalue weighted by Gasteiger charge is -2.32. The van der Waals surface area contributed by atoms with Crippen molar-refractivity contribution in [3.8, 4) is 11.3 Å². The van der Waals surface area contributed by atoms with Crippen LogP contribution in [0, 0.1) is 6.92 Å². The zero-order valence-corrected chi connectivity index (χ0v) is 18.1. The smallest absolute Gasteiger partial charge is 0.274 e. The highest BCUT2D eigenvalue weighted by atomic mass is 16.5. The highest BCUT2D eigenvalue weighted by Gasteiger charge is 2.28. The zero-order valence-electron chi connectivity index (χ0n) is 18.1. The molecule has 5 rings (SSSR count). The van der Waals surface area contributed by atoms with Gasteiger partial charge in [0.15, 0.2) is 0 Å². The minimum atomic E-state index is -0.468. The largest absolute Gasteiger partial charge is 0.368 e. The fraction of sp³-hybridized carbons (Fsp3) is 0.200. The molecule has 2 N–H and O–H groups in total. The number of rotatable bonds is 4. The van der Waals surface area contributed by atoms with Crippen LogP contribution in [0.15, 0.2) is 67.0 Å². The molecule has 0 spiro atoms. The highest BCUT2D eigenvalue weighted by Crippen LogP contribution is 2.25. The number of nitrogens with zero attached hydrogens (tertiary/aromatic N) is 4. The molecule has 1 aromatic carbocycles. The monoisotopic (exact) mass is 441 g/mol. The zero-order chi connectivity index (χ0) is 22.9. The molecule has 1 aliphatic rings. The maximum Gasteiger partial charge on any atom is 0.274 e. The van der Waals surface area contributed by atoms with E-state index >= 15 is 0 Å². The second-order valence-electron chi connectivity index (χ2n) is 8.10. The average Bonchev–Trinajstić information content (AvgIpc) is 3.27. The van der Waals surface area contributed by atoms with Crippen molar-refractivity contribution in [2.24, 2.45) is 5.73 Å². The number of fused-ring (bicyclic) bond motifs is 1. The van der Waals surface area contributed by atoms with Crippen LogP contribution >= 0.6 is 0 Å². The number of amides is 2. The van der Waals surface area contributed by atoms with Crippen molar-refractivity contribution in [3.05, 3.63) is 89.5 Å². The Morgan fingerprint density at radius 2 is 1.91 bits per heavy atom. The summed E-state index contributed by atoms with van der Waals surface area (Å²) in [4.78, 5) is 35.5. The minimum absolute atomic E-state index is 0.122. The fourth-order valence-corrected chi connectivity index (χ4v) is 3.96. The van der Waals surface area contributed by atoms with E-state index in [2.05, 4.69) is 4.98 Å². The summed E-state index contributed by atoms with van der Waals surface area (Å²) >= 11 is 0. The minimum Gasteiger partial charge on any atom is -0.368 e. The van der Waals surface area contributed by atoms with Gasteiger partial charge in [0.1, 0.15) is 17.4 Å². The molecule has 33 heavy (non-hydrogen) atoms. The Morgan fingerprint density at radius 3 is 2.70 bits per heavy atom. The average molecular weight is 441 g/mol. The number of benzene rings is 1. The van der Waals surface area contributed by atoms with Crippen LogP contribution in [0.4, 0.5) is 0 Å². The van der Waals surface area contributed by atoms with Gasteiger partial charge in [-0.1, -0.05) is 18.2 Å². The molecule has 1 aliphatic heterocycles. The summed E-state index contributed by atoms with van der Waals surface area (Å²) in [7, 11) is 0. The molecular formula is C25H23N5O3. The second-order valence-corrected chi connectivity index (χ2v) is 8.10. The third kappa shape index (κ3) is 4.20. The van der Waals surface area contributed by atoms with Crippen molar-refractivity contribution in [1.82, 2.24) is 19.3 Å². The number of carbonyl (C=O) groups is 2. The van der Waals surface area contributed by atoms with Crippen LogP contribution in [0.2, 0.25) is 0 Å². The first-order chi connectivity index (χ1) is 16.0. The molecule has 0 radical (unpaired) electrons. The molecule has 166 valence electrons. The summed E-state index contributed by atoms with van der Waals surface area (Å²) in [5, 5.41) is 0. The second kappa shape index (κ2) is 8.48. The van der Waals surface area contributed by atoms with Crippen LogP contribution in [0.3, 0.4) is 0 Å². The van der Waals surface area contributed by atoms with Gasteiger partial charge in [0, 0.05) is 30.1 Å². The number of pyridine rings is 2. The summed E-state index contributed by atoms with van der Waals surface area (Å²) in [6, 6.07) is 16.6. The van der Waals surface area contributed by atoms with E-state index in [0.29, 0.717) is 31.0 Å². The van der Waals surface area contributed by atoms with E-state index in [0.717, 1.165) is 28.2 Å². The van der Waals surface area contributed by atoms with Crippen molar-refractivity contribution >= 4 is 17.5 Å². The molecule has 1 unspecified atom stereocenters. The summed E-state index contributed by atoms with van der Waals surface area (Å²) in [5.74, 6) is -0.591. The van der Waals surface area contributed by atoms with Gasteiger partial charge in [-0.05, 0) is 48.9 Å². The van der Waals surface area contributed by atoms with Crippen molar-refractivity contribution in [3.63, 3.8) is 0 Å². The molecular weight excluding hydrogens is 418 g/mol. The molecule has 1 saturated heterocycles. The van der Waals surface area contributed by atoms with Crippen LogP contribution < -0.4 is 5.73 Å². The van der Waals surface area contributed by atoms with E-state index in [-0.39, 0.29) is 12.0 Å². The Bertz CT molecular complexity index is 1350. The number of nitrogens with two attached hydrogens (primary N) is 1. The molecule has 4 aromatic rings. The quantitative estimate of drug-likeness (QED) is 0.524. The fourth-order valence-electron chi connectivity index (χ4n) is 3.96. The van der Waals surface area contributed by atoms with Crippen LogP contribution in [0.5, 0.6) is 0 Å². The molecule has 0 aliphatic carbocycles. The lowest BCUT2D eigenvalue weighted by Crippen LogP contribution is -2.42. The van der Waals surface area contributed by atoms with Crippen molar-refractivity contribution in [2.45, 2.75) is 13.0 Å². The first kappa shape index (κ1) is 20.8.